The molecule has 0 aromatic rings. The van der Waals surface area contributed by atoms with Crippen molar-refractivity contribution < 1.29 is 10.6 Å². The third kappa shape index (κ3) is 4.38. The molecule has 1 saturated carbocycles. The summed E-state index contributed by atoms with van der Waals surface area (Å²) in [5.41, 5.74) is 0. The van der Waals surface area contributed by atoms with Crippen LogP contribution in [0.3, 0.4) is 0 Å². The molecule has 4 N–H and O–H groups in total. The zero-order valence-corrected chi connectivity index (χ0v) is 7.84. The molecule has 0 aromatic carbocycles. The number of nitrogens with two attached hydrogens (primary N) is 2. The molecule has 1 fully saturated rings. The molecule has 11 heavy (non-hydrogen) atoms. The van der Waals surface area contributed by atoms with Gasteiger partial charge in [-0.3, -0.25) is 0 Å². The molecule has 2 nitrogen and oxygen atoms in total. The Balaban J connectivity index is 1.79. The second-order valence-electron chi connectivity index (χ2n) is 3.77. The molecule has 66 valence electrons. The van der Waals surface area contributed by atoms with Gasteiger partial charge in [0.1, 0.15) is 13.1 Å². The molecule has 1 rings (SSSR count). The molecule has 0 amide bonds. The van der Waals surface area contributed by atoms with Crippen LogP contribution in [0.1, 0.15) is 33.1 Å². The Hall–Kier alpha value is -0.0800. The molecule has 0 aliphatic heterocycles. The van der Waals surface area contributed by atoms with Crippen LogP contribution in [0, 0.1) is 0 Å². The Morgan fingerprint density at radius 2 is 2.09 bits per heavy atom. The third-order valence-electron chi connectivity index (χ3n) is 2.50. The van der Waals surface area contributed by atoms with Crippen LogP contribution in [0.25, 0.3) is 0 Å². The molecule has 1 atom stereocenters. The molecule has 0 saturated heterocycles. The van der Waals surface area contributed by atoms with E-state index < -0.39 is 0 Å². The highest BCUT2D eigenvalue weighted by molar-refractivity contribution is 4.68. The van der Waals surface area contributed by atoms with Crippen LogP contribution in [-0.2, 0) is 0 Å². The van der Waals surface area contributed by atoms with Gasteiger partial charge in [0, 0.05) is 12.8 Å². The molecule has 0 aromatic heterocycles. The Kier molecular flexibility index (Phi) is 3.87. The lowest BCUT2D eigenvalue weighted by molar-refractivity contribution is -0.744. The summed E-state index contributed by atoms with van der Waals surface area (Å²) < 4.78 is 0. The lowest BCUT2D eigenvalue weighted by Crippen LogP contribution is -2.97. The topological polar surface area (TPSA) is 33.2 Å². The largest absolute Gasteiger partial charge is 0.339 e. The summed E-state index contributed by atoms with van der Waals surface area (Å²) in [6.45, 7) is 7.17. The lowest BCUT2D eigenvalue weighted by Gasteiger charge is -2.06. The zero-order valence-electron chi connectivity index (χ0n) is 7.84. The van der Waals surface area contributed by atoms with Crippen molar-refractivity contribution in [3.63, 3.8) is 0 Å². The van der Waals surface area contributed by atoms with Crippen molar-refractivity contribution in [2.75, 3.05) is 13.1 Å². The van der Waals surface area contributed by atoms with Crippen molar-refractivity contribution in [3.8, 4) is 0 Å². The summed E-state index contributed by atoms with van der Waals surface area (Å²) >= 11 is 0. The fraction of sp³-hybridized carbons (Fsp3) is 1.00. The van der Waals surface area contributed by atoms with Crippen molar-refractivity contribution in [2.24, 2.45) is 0 Å². The fourth-order valence-electron chi connectivity index (χ4n) is 1.21. The van der Waals surface area contributed by atoms with Gasteiger partial charge >= 0.3 is 0 Å². The normalized spacial score (nSPS) is 20.2. The zero-order chi connectivity index (χ0) is 8.10. The van der Waals surface area contributed by atoms with E-state index in [-0.39, 0.29) is 0 Å². The average molecular weight is 158 g/mol. The van der Waals surface area contributed by atoms with Gasteiger partial charge in [-0.25, -0.2) is 0 Å². The Morgan fingerprint density at radius 3 is 2.64 bits per heavy atom. The molecular formula is C9H22N2+2. The fourth-order valence-corrected chi connectivity index (χ4v) is 1.21. The summed E-state index contributed by atoms with van der Waals surface area (Å²) in [5.74, 6) is 0. The first-order valence-electron chi connectivity index (χ1n) is 4.99. The monoisotopic (exact) mass is 158 g/mol. The van der Waals surface area contributed by atoms with Crippen molar-refractivity contribution in [3.05, 3.63) is 0 Å². The quantitative estimate of drug-likeness (QED) is 0.469. The van der Waals surface area contributed by atoms with Crippen LogP contribution in [0.15, 0.2) is 0 Å². The first kappa shape index (κ1) is 9.01. The molecule has 2 heteroatoms. The second kappa shape index (κ2) is 4.73. The van der Waals surface area contributed by atoms with Crippen LogP contribution < -0.4 is 10.6 Å². The van der Waals surface area contributed by atoms with Crippen LogP contribution in [0.5, 0.6) is 0 Å². The van der Waals surface area contributed by atoms with Gasteiger partial charge in [-0.1, -0.05) is 6.92 Å². The van der Waals surface area contributed by atoms with E-state index in [0.717, 1.165) is 12.1 Å². The maximum Gasteiger partial charge on any atom is 0.125 e. The summed E-state index contributed by atoms with van der Waals surface area (Å²) in [6, 6.07) is 1.82. The predicted octanol–water partition coefficient (Wildman–Crippen LogP) is -0.926. The van der Waals surface area contributed by atoms with Gasteiger partial charge < -0.3 is 10.6 Å². The van der Waals surface area contributed by atoms with Crippen LogP contribution >= 0.6 is 0 Å². The maximum absolute atomic E-state index is 2.50. The standard InChI is InChI=1S/C9H20N2/c1-3-8(2)10-6-7-11-9-4-5-9/h8-11H,3-7H2,1-2H3/p+2/t8-/m1/s1. The minimum absolute atomic E-state index is 0.822. The SMILES string of the molecule is CC[C@@H](C)[NH2+]CC[NH2+]C1CC1. The maximum atomic E-state index is 2.50. The minimum atomic E-state index is 0.822. The highest BCUT2D eigenvalue weighted by Crippen LogP contribution is 2.12. The second-order valence-corrected chi connectivity index (χ2v) is 3.77. The third-order valence-corrected chi connectivity index (χ3v) is 2.50. The number of quaternary nitrogens is 2. The van der Waals surface area contributed by atoms with Crippen LogP contribution in [0.2, 0.25) is 0 Å². The minimum Gasteiger partial charge on any atom is -0.339 e. The van der Waals surface area contributed by atoms with E-state index in [9.17, 15) is 0 Å². The first-order chi connectivity index (χ1) is 5.33. The van der Waals surface area contributed by atoms with Gasteiger partial charge in [0.2, 0.25) is 0 Å². The lowest BCUT2D eigenvalue weighted by atomic mass is 10.3. The van der Waals surface area contributed by atoms with Crippen molar-refractivity contribution in [2.45, 2.75) is 45.2 Å². The Labute approximate surface area is 69.8 Å². The van der Waals surface area contributed by atoms with E-state index in [1.807, 2.05) is 0 Å². The van der Waals surface area contributed by atoms with E-state index in [0.29, 0.717) is 0 Å². The predicted molar refractivity (Wildman–Crippen MR) is 46.4 cm³/mol. The Bertz CT molecular complexity index is 99.7. The van der Waals surface area contributed by atoms with Crippen molar-refractivity contribution in [1.82, 2.24) is 0 Å². The molecule has 1 aliphatic carbocycles. The van der Waals surface area contributed by atoms with Gasteiger partial charge in [-0.15, -0.1) is 0 Å². The van der Waals surface area contributed by atoms with Crippen LogP contribution in [-0.4, -0.2) is 25.2 Å². The van der Waals surface area contributed by atoms with Crippen molar-refractivity contribution >= 4 is 0 Å². The molecular weight excluding hydrogens is 136 g/mol. The van der Waals surface area contributed by atoms with Gasteiger partial charge in [-0.2, -0.15) is 0 Å². The smallest absolute Gasteiger partial charge is 0.125 e. The molecule has 1 aliphatic rings. The van der Waals surface area contributed by atoms with Gasteiger partial charge in [0.05, 0.1) is 12.1 Å². The van der Waals surface area contributed by atoms with E-state index in [4.69, 9.17) is 0 Å². The van der Waals surface area contributed by atoms with Gasteiger partial charge in [0.15, 0.2) is 0 Å². The molecule has 0 bridgehead atoms. The summed E-state index contributed by atoms with van der Waals surface area (Å²) in [6.07, 6.45) is 4.22. The van der Waals surface area contributed by atoms with Gasteiger partial charge in [-0.05, 0) is 13.3 Å². The van der Waals surface area contributed by atoms with E-state index in [2.05, 4.69) is 24.5 Å². The number of rotatable bonds is 6. The molecule has 0 spiro atoms. The molecule has 0 unspecified atom stereocenters. The average Bonchev–Trinajstić information content (AvgIpc) is 2.81. The summed E-state index contributed by atoms with van der Waals surface area (Å²) in [4.78, 5) is 0. The number of hydrogen-bond donors (Lipinski definition) is 2. The Morgan fingerprint density at radius 1 is 1.36 bits per heavy atom. The molecule has 0 heterocycles. The van der Waals surface area contributed by atoms with Crippen molar-refractivity contribution in [1.29, 1.82) is 0 Å². The highest BCUT2D eigenvalue weighted by atomic mass is 15.0. The summed E-state index contributed by atoms with van der Waals surface area (Å²) in [7, 11) is 0. The van der Waals surface area contributed by atoms with E-state index in [1.54, 1.807) is 0 Å². The van der Waals surface area contributed by atoms with Gasteiger partial charge in [0.25, 0.3) is 0 Å². The number of hydrogen-bond acceptors (Lipinski definition) is 0. The van der Waals surface area contributed by atoms with E-state index >= 15 is 0 Å². The first-order valence-corrected chi connectivity index (χ1v) is 4.99. The molecule has 0 radical (unpaired) electrons. The van der Waals surface area contributed by atoms with E-state index in [1.165, 1.54) is 32.4 Å². The highest BCUT2D eigenvalue weighted by Gasteiger charge is 2.24. The summed E-state index contributed by atoms with van der Waals surface area (Å²) in [5, 5.41) is 4.96. The van der Waals surface area contributed by atoms with Crippen LogP contribution in [0.4, 0.5) is 0 Å².